The van der Waals surface area contributed by atoms with Crippen LogP contribution in [0.25, 0.3) is 0 Å². The highest BCUT2D eigenvalue weighted by Crippen LogP contribution is 2.34. The number of hydrogen-bond acceptors (Lipinski definition) is 2. The van der Waals surface area contributed by atoms with Crippen LogP contribution in [0.4, 0.5) is 0 Å². The minimum absolute atomic E-state index is 0.296. The van der Waals surface area contributed by atoms with E-state index in [-0.39, 0.29) is 0 Å². The number of amides is 1. The summed E-state index contributed by atoms with van der Waals surface area (Å²) >= 11 is 6.79. The van der Waals surface area contributed by atoms with Crippen LogP contribution in [0.3, 0.4) is 0 Å². The SMILES string of the molecule is CC(C)c1cc(Br)ccc1Oc1ccc(Br)cc1C(N)=O. The van der Waals surface area contributed by atoms with Gasteiger partial charge in [-0.15, -0.1) is 0 Å². The highest BCUT2D eigenvalue weighted by Gasteiger charge is 2.14. The number of carbonyl (C=O) groups excluding carboxylic acids is 1. The van der Waals surface area contributed by atoms with Crippen molar-refractivity contribution in [3.05, 3.63) is 56.5 Å². The molecule has 110 valence electrons. The summed E-state index contributed by atoms with van der Waals surface area (Å²) in [4.78, 5) is 11.6. The molecule has 0 unspecified atom stereocenters. The molecule has 0 aromatic heterocycles. The van der Waals surface area contributed by atoms with E-state index in [0.717, 1.165) is 20.3 Å². The van der Waals surface area contributed by atoms with Crippen LogP contribution in [0.2, 0.25) is 0 Å². The maximum atomic E-state index is 11.6. The zero-order valence-electron chi connectivity index (χ0n) is 11.7. The van der Waals surface area contributed by atoms with Crippen LogP contribution in [0.15, 0.2) is 45.3 Å². The molecule has 0 aliphatic rings. The molecule has 0 bridgehead atoms. The lowest BCUT2D eigenvalue weighted by molar-refractivity contribution is 0.0998. The lowest BCUT2D eigenvalue weighted by Crippen LogP contribution is -2.12. The van der Waals surface area contributed by atoms with E-state index in [9.17, 15) is 4.79 Å². The predicted molar refractivity (Wildman–Crippen MR) is 91.0 cm³/mol. The van der Waals surface area contributed by atoms with Crippen molar-refractivity contribution in [3.8, 4) is 11.5 Å². The van der Waals surface area contributed by atoms with Gasteiger partial charge in [0.2, 0.25) is 0 Å². The summed E-state index contributed by atoms with van der Waals surface area (Å²) in [6, 6.07) is 11.0. The lowest BCUT2D eigenvalue weighted by atomic mass is 10.0. The minimum atomic E-state index is -0.519. The molecule has 2 N–H and O–H groups in total. The number of carbonyl (C=O) groups is 1. The topological polar surface area (TPSA) is 52.3 Å². The molecule has 0 atom stereocenters. The lowest BCUT2D eigenvalue weighted by Gasteiger charge is -2.16. The fraction of sp³-hybridized carbons (Fsp3) is 0.188. The summed E-state index contributed by atoms with van der Waals surface area (Å²) in [5, 5.41) is 0. The molecule has 0 aliphatic heterocycles. The van der Waals surface area contributed by atoms with Gasteiger partial charge in [0.15, 0.2) is 0 Å². The Bertz CT molecular complexity index is 684. The molecule has 0 aliphatic carbocycles. The third kappa shape index (κ3) is 3.86. The van der Waals surface area contributed by atoms with Gasteiger partial charge in [-0.2, -0.15) is 0 Å². The summed E-state index contributed by atoms with van der Waals surface area (Å²) in [5.41, 5.74) is 6.82. The van der Waals surface area contributed by atoms with Crippen molar-refractivity contribution >= 4 is 37.8 Å². The summed E-state index contributed by atoms with van der Waals surface area (Å²) < 4.78 is 7.70. The molecule has 1 amide bonds. The van der Waals surface area contributed by atoms with Gasteiger partial charge in [0, 0.05) is 8.95 Å². The first-order chi connectivity index (χ1) is 9.88. The van der Waals surface area contributed by atoms with Crippen molar-refractivity contribution in [1.29, 1.82) is 0 Å². The van der Waals surface area contributed by atoms with Gasteiger partial charge in [0.05, 0.1) is 5.56 Å². The third-order valence-corrected chi connectivity index (χ3v) is 4.01. The van der Waals surface area contributed by atoms with E-state index in [1.165, 1.54) is 0 Å². The van der Waals surface area contributed by atoms with E-state index in [4.69, 9.17) is 10.5 Å². The Morgan fingerprint density at radius 3 is 2.19 bits per heavy atom. The Balaban J connectivity index is 2.46. The largest absolute Gasteiger partial charge is 0.456 e. The first-order valence-electron chi connectivity index (χ1n) is 6.45. The van der Waals surface area contributed by atoms with Crippen molar-refractivity contribution in [1.82, 2.24) is 0 Å². The van der Waals surface area contributed by atoms with E-state index in [0.29, 0.717) is 17.2 Å². The summed E-state index contributed by atoms with van der Waals surface area (Å²) in [7, 11) is 0. The molecular weight excluding hydrogens is 398 g/mol. The van der Waals surface area contributed by atoms with Gasteiger partial charge in [-0.25, -0.2) is 0 Å². The van der Waals surface area contributed by atoms with Crippen molar-refractivity contribution in [2.24, 2.45) is 5.73 Å². The molecule has 0 saturated heterocycles. The predicted octanol–water partition coefficient (Wildman–Crippen LogP) is 5.23. The molecule has 3 nitrogen and oxygen atoms in total. The number of rotatable bonds is 4. The number of ether oxygens (including phenoxy) is 1. The Morgan fingerprint density at radius 1 is 1.05 bits per heavy atom. The van der Waals surface area contributed by atoms with Gasteiger partial charge >= 0.3 is 0 Å². The van der Waals surface area contributed by atoms with Gasteiger partial charge in [0.1, 0.15) is 11.5 Å². The average Bonchev–Trinajstić information content (AvgIpc) is 2.42. The van der Waals surface area contributed by atoms with Crippen LogP contribution in [0.5, 0.6) is 11.5 Å². The quantitative estimate of drug-likeness (QED) is 0.747. The van der Waals surface area contributed by atoms with Crippen molar-refractivity contribution in [3.63, 3.8) is 0 Å². The monoisotopic (exact) mass is 411 g/mol. The molecule has 5 heteroatoms. The fourth-order valence-corrected chi connectivity index (χ4v) is 2.71. The standard InChI is InChI=1S/C16H15Br2NO2/c1-9(2)12-7-10(17)3-5-14(12)21-15-6-4-11(18)8-13(15)16(19)20/h3-9H,1-2H3,(H2,19,20). The average molecular weight is 413 g/mol. The minimum Gasteiger partial charge on any atom is -0.456 e. The molecule has 0 saturated carbocycles. The number of halogens is 2. The van der Waals surface area contributed by atoms with E-state index in [1.807, 2.05) is 24.3 Å². The molecule has 0 fully saturated rings. The molecule has 0 spiro atoms. The van der Waals surface area contributed by atoms with Crippen LogP contribution in [-0.4, -0.2) is 5.91 Å². The molecule has 2 rings (SSSR count). The van der Waals surface area contributed by atoms with E-state index < -0.39 is 5.91 Å². The van der Waals surface area contributed by atoms with Crippen LogP contribution >= 0.6 is 31.9 Å². The zero-order chi connectivity index (χ0) is 15.6. The number of hydrogen-bond donors (Lipinski definition) is 1. The van der Waals surface area contributed by atoms with Gasteiger partial charge in [-0.1, -0.05) is 45.7 Å². The first kappa shape index (κ1) is 16.0. The van der Waals surface area contributed by atoms with Crippen molar-refractivity contribution in [2.45, 2.75) is 19.8 Å². The van der Waals surface area contributed by atoms with Gasteiger partial charge in [-0.05, 0) is 47.9 Å². The maximum absolute atomic E-state index is 11.6. The van der Waals surface area contributed by atoms with Gasteiger partial charge < -0.3 is 10.5 Å². The van der Waals surface area contributed by atoms with Crippen molar-refractivity contribution in [2.75, 3.05) is 0 Å². The van der Waals surface area contributed by atoms with E-state index in [1.54, 1.807) is 12.1 Å². The highest BCUT2D eigenvalue weighted by molar-refractivity contribution is 9.10. The molecule has 0 heterocycles. The Kier molecular flexibility index (Phi) is 5.06. The van der Waals surface area contributed by atoms with Crippen LogP contribution in [0, 0.1) is 0 Å². The van der Waals surface area contributed by atoms with Gasteiger partial charge in [-0.3, -0.25) is 4.79 Å². The van der Waals surface area contributed by atoms with Crippen molar-refractivity contribution < 1.29 is 9.53 Å². The Hall–Kier alpha value is -1.33. The van der Waals surface area contributed by atoms with Crippen LogP contribution < -0.4 is 10.5 Å². The second-order valence-corrected chi connectivity index (χ2v) is 6.77. The normalized spacial score (nSPS) is 10.7. The number of benzene rings is 2. The molecule has 21 heavy (non-hydrogen) atoms. The number of primary amides is 1. The Morgan fingerprint density at radius 2 is 1.62 bits per heavy atom. The first-order valence-corrected chi connectivity index (χ1v) is 8.03. The second-order valence-electron chi connectivity index (χ2n) is 4.94. The van der Waals surface area contributed by atoms with E-state index in [2.05, 4.69) is 45.7 Å². The molecular formula is C16H15Br2NO2. The van der Waals surface area contributed by atoms with Crippen LogP contribution in [0.1, 0.15) is 35.7 Å². The smallest absolute Gasteiger partial charge is 0.252 e. The third-order valence-electron chi connectivity index (χ3n) is 3.02. The molecule has 2 aromatic carbocycles. The Labute approximate surface area is 140 Å². The summed E-state index contributed by atoms with van der Waals surface area (Å²) in [5.74, 6) is 0.951. The molecule has 2 aromatic rings. The second kappa shape index (κ2) is 6.62. The zero-order valence-corrected chi connectivity index (χ0v) is 14.9. The maximum Gasteiger partial charge on any atom is 0.252 e. The van der Waals surface area contributed by atoms with Gasteiger partial charge in [0.25, 0.3) is 5.91 Å². The van der Waals surface area contributed by atoms with E-state index >= 15 is 0 Å². The summed E-state index contributed by atoms with van der Waals surface area (Å²) in [6.07, 6.45) is 0. The van der Waals surface area contributed by atoms with Crippen LogP contribution in [-0.2, 0) is 0 Å². The highest BCUT2D eigenvalue weighted by atomic mass is 79.9. The molecule has 0 radical (unpaired) electrons. The fourth-order valence-electron chi connectivity index (χ4n) is 1.97. The summed E-state index contributed by atoms with van der Waals surface area (Å²) in [6.45, 7) is 4.18. The number of nitrogens with two attached hydrogens (primary N) is 1.